The molecule has 0 bridgehead atoms. The molecule has 3 heterocycles. The minimum atomic E-state index is 0.548. The molecule has 2 aliphatic rings. The Hall–Kier alpha value is -1.71. The van der Waals surface area contributed by atoms with Crippen LogP contribution in [-0.4, -0.2) is 40.5 Å². The average Bonchev–Trinajstić information content (AvgIpc) is 3.25. The molecule has 29 heavy (non-hydrogen) atoms. The maximum absolute atomic E-state index is 4.47. The van der Waals surface area contributed by atoms with Crippen LogP contribution in [0.25, 0.3) is 0 Å². The second-order valence-electron chi connectivity index (χ2n) is 9.65. The molecule has 3 atom stereocenters. The van der Waals surface area contributed by atoms with Gasteiger partial charge in [-0.15, -0.1) is 0 Å². The van der Waals surface area contributed by atoms with Crippen molar-refractivity contribution in [3.05, 3.63) is 65.0 Å². The molecule has 0 aliphatic carbocycles. The van der Waals surface area contributed by atoms with E-state index in [1.165, 1.54) is 36.5 Å². The van der Waals surface area contributed by atoms with E-state index in [-0.39, 0.29) is 0 Å². The number of nitrogens with zero attached hydrogens (tertiary/aromatic N) is 3. The summed E-state index contributed by atoms with van der Waals surface area (Å²) in [6, 6.07) is 14.8. The van der Waals surface area contributed by atoms with Gasteiger partial charge in [0.05, 0.1) is 0 Å². The highest BCUT2D eigenvalue weighted by molar-refractivity contribution is 5.34. The smallest absolute Gasteiger partial charge is 0.0404 e. The van der Waals surface area contributed by atoms with Crippen LogP contribution in [0, 0.1) is 11.8 Å². The molecule has 0 saturated carbocycles. The van der Waals surface area contributed by atoms with E-state index >= 15 is 0 Å². The molecule has 156 valence electrons. The quantitative estimate of drug-likeness (QED) is 0.668. The first kappa shape index (κ1) is 20.6. The summed E-state index contributed by atoms with van der Waals surface area (Å²) in [5.41, 5.74) is 5.72. The predicted octanol–water partition coefficient (Wildman–Crippen LogP) is 5.28. The van der Waals surface area contributed by atoms with Crippen molar-refractivity contribution < 1.29 is 0 Å². The minimum Gasteiger partial charge on any atom is -0.298 e. The number of aromatic nitrogens is 1. The molecule has 2 aliphatic heterocycles. The lowest BCUT2D eigenvalue weighted by atomic mass is 9.84. The highest BCUT2D eigenvalue weighted by atomic mass is 15.3. The summed E-state index contributed by atoms with van der Waals surface area (Å²) in [6.07, 6.45) is 2.99. The second kappa shape index (κ2) is 8.57. The molecule has 3 nitrogen and oxygen atoms in total. The minimum absolute atomic E-state index is 0.548. The molecule has 0 spiro atoms. The molecule has 3 unspecified atom stereocenters. The van der Waals surface area contributed by atoms with Crippen LogP contribution in [0.3, 0.4) is 0 Å². The number of hydrogen-bond donors (Lipinski definition) is 0. The van der Waals surface area contributed by atoms with Crippen molar-refractivity contribution in [2.75, 3.05) is 19.6 Å². The highest BCUT2D eigenvalue weighted by Crippen LogP contribution is 2.47. The van der Waals surface area contributed by atoms with Crippen LogP contribution in [0.2, 0.25) is 0 Å². The number of benzene rings is 1. The predicted molar refractivity (Wildman–Crippen MR) is 121 cm³/mol. The molecule has 2 fully saturated rings. The van der Waals surface area contributed by atoms with Gasteiger partial charge in [-0.1, -0.05) is 45.0 Å². The summed E-state index contributed by atoms with van der Waals surface area (Å²) in [4.78, 5) is 9.93. The third kappa shape index (κ3) is 4.13. The number of pyridine rings is 1. The molecule has 0 amide bonds. The molecule has 1 aromatic heterocycles. The van der Waals surface area contributed by atoms with Crippen LogP contribution in [0.5, 0.6) is 0 Å². The van der Waals surface area contributed by atoms with Crippen LogP contribution in [-0.2, 0) is 13.0 Å². The first-order valence-corrected chi connectivity index (χ1v) is 11.5. The van der Waals surface area contributed by atoms with Gasteiger partial charge in [-0.05, 0) is 66.8 Å². The Bertz CT molecular complexity index is 828. The lowest BCUT2D eigenvalue weighted by molar-refractivity contribution is 0.158. The Morgan fingerprint density at radius 2 is 1.83 bits per heavy atom. The summed E-state index contributed by atoms with van der Waals surface area (Å²) < 4.78 is 0. The first-order valence-electron chi connectivity index (χ1n) is 11.5. The zero-order valence-corrected chi connectivity index (χ0v) is 18.8. The summed E-state index contributed by atoms with van der Waals surface area (Å²) in [6.45, 7) is 16.3. The Morgan fingerprint density at radius 1 is 1.03 bits per heavy atom. The second-order valence-corrected chi connectivity index (χ2v) is 9.65. The van der Waals surface area contributed by atoms with Gasteiger partial charge >= 0.3 is 0 Å². The maximum atomic E-state index is 4.47. The Balaban J connectivity index is 1.57. The third-order valence-corrected chi connectivity index (χ3v) is 7.02. The van der Waals surface area contributed by atoms with Gasteiger partial charge in [0.2, 0.25) is 0 Å². The van der Waals surface area contributed by atoms with E-state index < -0.39 is 0 Å². The molecule has 1 aromatic carbocycles. The SMILES string of the molecule is CCc1cc(CN2CC3CN(C(C)C)C(c4ccccc4C(C)C)C3C2)ccn1. The normalized spacial score (nSPS) is 25.3. The van der Waals surface area contributed by atoms with Crippen LogP contribution in [0.15, 0.2) is 42.6 Å². The number of fused-ring (bicyclic) bond motifs is 1. The van der Waals surface area contributed by atoms with Gasteiger partial charge in [-0.3, -0.25) is 14.8 Å². The zero-order chi connectivity index (χ0) is 20.5. The fourth-order valence-electron chi connectivity index (χ4n) is 5.62. The van der Waals surface area contributed by atoms with Crippen molar-refractivity contribution in [2.24, 2.45) is 11.8 Å². The fraction of sp³-hybridized carbons (Fsp3) is 0.577. The van der Waals surface area contributed by atoms with Gasteiger partial charge in [0, 0.05) is 50.2 Å². The summed E-state index contributed by atoms with van der Waals surface area (Å²) in [5.74, 6) is 2.07. The number of rotatable bonds is 6. The van der Waals surface area contributed by atoms with E-state index in [9.17, 15) is 0 Å². The Labute approximate surface area is 177 Å². The molecule has 0 N–H and O–H groups in total. The van der Waals surface area contributed by atoms with Gasteiger partial charge in [0.25, 0.3) is 0 Å². The largest absolute Gasteiger partial charge is 0.298 e. The van der Waals surface area contributed by atoms with Gasteiger partial charge in [0.15, 0.2) is 0 Å². The van der Waals surface area contributed by atoms with Gasteiger partial charge in [-0.2, -0.15) is 0 Å². The van der Waals surface area contributed by atoms with E-state index in [1.54, 1.807) is 5.56 Å². The molecule has 2 aromatic rings. The first-order chi connectivity index (χ1) is 14.0. The van der Waals surface area contributed by atoms with E-state index in [2.05, 4.69) is 85.8 Å². The van der Waals surface area contributed by atoms with Crippen molar-refractivity contribution in [1.29, 1.82) is 0 Å². The molecule has 2 saturated heterocycles. The number of aryl methyl sites for hydroxylation is 1. The van der Waals surface area contributed by atoms with Gasteiger partial charge in [-0.25, -0.2) is 0 Å². The summed E-state index contributed by atoms with van der Waals surface area (Å²) >= 11 is 0. The van der Waals surface area contributed by atoms with Crippen molar-refractivity contribution in [2.45, 2.75) is 65.6 Å². The van der Waals surface area contributed by atoms with E-state index in [0.29, 0.717) is 18.0 Å². The number of likely N-dealkylation sites (tertiary alicyclic amines) is 2. The van der Waals surface area contributed by atoms with Crippen molar-refractivity contribution in [1.82, 2.24) is 14.8 Å². The summed E-state index contributed by atoms with van der Waals surface area (Å²) in [7, 11) is 0. The van der Waals surface area contributed by atoms with E-state index in [1.807, 2.05) is 6.20 Å². The zero-order valence-electron chi connectivity index (χ0n) is 18.8. The third-order valence-electron chi connectivity index (χ3n) is 7.02. The van der Waals surface area contributed by atoms with Gasteiger partial charge < -0.3 is 0 Å². The van der Waals surface area contributed by atoms with Crippen molar-refractivity contribution in [3.8, 4) is 0 Å². The summed E-state index contributed by atoms with van der Waals surface area (Å²) in [5, 5.41) is 0. The number of hydrogen-bond acceptors (Lipinski definition) is 3. The monoisotopic (exact) mass is 391 g/mol. The fourth-order valence-corrected chi connectivity index (χ4v) is 5.62. The van der Waals surface area contributed by atoms with E-state index in [4.69, 9.17) is 0 Å². The molecule has 0 radical (unpaired) electrons. The Kier molecular flexibility index (Phi) is 6.08. The van der Waals surface area contributed by atoms with Crippen LogP contribution >= 0.6 is 0 Å². The van der Waals surface area contributed by atoms with Crippen LogP contribution < -0.4 is 0 Å². The lowest BCUT2D eigenvalue weighted by Crippen LogP contribution is -2.36. The van der Waals surface area contributed by atoms with E-state index in [0.717, 1.165) is 24.8 Å². The highest BCUT2D eigenvalue weighted by Gasteiger charge is 2.48. The lowest BCUT2D eigenvalue weighted by Gasteiger charge is -2.34. The average molecular weight is 392 g/mol. The van der Waals surface area contributed by atoms with Gasteiger partial charge in [0.1, 0.15) is 0 Å². The molecular weight excluding hydrogens is 354 g/mol. The molecular formula is C26H37N3. The van der Waals surface area contributed by atoms with Crippen LogP contribution in [0.4, 0.5) is 0 Å². The molecule has 4 rings (SSSR count). The standard InChI is InChI=1S/C26H37N3/c1-6-22-13-20(11-12-27-22)14-28-15-21-16-29(19(4)5)26(25(21)17-28)24-10-8-7-9-23(24)18(2)3/h7-13,18-19,21,25-26H,6,14-17H2,1-5H3. The topological polar surface area (TPSA) is 19.4 Å². The van der Waals surface area contributed by atoms with Crippen molar-refractivity contribution in [3.63, 3.8) is 0 Å². The molecule has 3 heteroatoms. The maximum Gasteiger partial charge on any atom is 0.0404 e. The van der Waals surface area contributed by atoms with Crippen LogP contribution in [0.1, 0.15) is 69.0 Å². The van der Waals surface area contributed by atoms with Crippen molar-refractivity contribution >= 4 is 0 Å². The Morgan fingerprint density at radius 3 is 2.55 bits per heavy atom.